The minimum atomic E-state index is -0.311. The number of anilines is 1. The molecule has 7 nitrogen and oxygen atoms in total. The van der Waals surface area contributed by atoms with Crippen molar-refractivity contribution in [3.05, 3.63) is 75.8 Å². The lowest BCUT2D eigenvalue weighted by atomic mass is 10.2. The number of nitrogens with one attached hydrogen (secondary N) is 2. The van der Waals surface area contributed by atoms with Crippen LogP contribution in [-0.2, 0) is 6.61 Å². The van der Waals surface area contributed by atoms with Crippen LogP contribution >= 0.6 is 23.2 Å². The predicted octanol–water partition coefficient (Wildman–Crippen LogP) is 5.43. The van der Waals surface area contributed by atoms with Gasteiger partial charge in [-0.2, -0.15) is 5.10 Å². The van der Waals surface area contributed by atoms with E-state index < -0.39 is 0 Å². The molecule has 0 aliphatic carbocycles. The van der Waals surface area contributed by atoms with Gasteiger partial charge in [-0.3, -0.25) is 9.89 Å². The number of nitrogens with zero attached hydrogens (tertiary/aromatic N) is 1. The number of carbonyl (C=O) groups excluding carboxylic acids is 1. The quantitative estimate of drug-likeness (QED) is 0.418. The fraction of sp³-hybridized carbons (Fsp3) is 0.0909. The summed E-state index contributed by atoms with van der Waals surface area (Å²) in [6, 6.07) is 15.8. The Kier molecular flexibility index (Phi) is 5.05. The third-order valence-electron chi connectivity index (χ3n) is 4.79. The average Bonchev–Trinajstić information content (AvgIpc) is 3.41. The largest absolute Gasteiger partial charge is 0.489 e. The van der Waals surface area contributed by atoms with Crippen LogP contribution in [0, 0.1) is 0 Å². The van der Waals surface area contributed by atoms with E-state index in [2.05, 4.69) is 15.5 Å². The van der Waals surface area contributed by atoms with E-state index in [1.807, 2.05) is 24.3 Å². The summed E-state index contributed by atoms with van der Waals surface area (Å²) in [5, 5.41) is 11.6. The van der Waals surface area contributed by atoms with E-state index in [9.17, 15) is 4.79 Å². The second-order valence-corrected chi connectivity index (χ2v) is 7.65. The van der Waals surface area contributed by atoms with Gasteiger partial charge in [0.2, 0.25) is 6.79 Å². The van der Waals surface area contributed by atoms with Gasteiger partial charge in [0, 0.05) is 10.9 Å². The highest BCUT2D eigenvalue weighted by Gasteiger charge is 2.18. The van der Waals surface area contributed by atoms with Crippen LogP contribution in [0.25, 0.3) is 10.9 Å². The normalized spacial score (nSPS) is 12.2. The molecule has 3 aromatic carbocycles. The molecule has 156 valence electrons. The number of amides is 1. The smallest absolute Gasteiger partial charge is 0.257 e. The molecular weight excluding hydrogens is 441 g/mol. The number of hydrogen-bond donors (Lipinski definition) is 2. The molecule has 0 bridgehead atoms. The van der Waals surface area contributed by atoms with Gasteiger partial charge in [-0.05, 0) is 54.1 Å². The number of aromatic nitrogens is 2. The molecule has 0 radical (unpaired) electrons. The van der Waals surface area contributed by atoms with Gasteiger partial charge >= 0.3 is 0 Å². The summed E-state index contributed by atoms with van der Waals surface area (Å²) in [6.45, 7) is 0.467. The molecule has 0 atom stereocenters. The maximum atomic E-state index is 12.7. The third-order valence-corrected chi connectivity index (χ3v) is 5.53. The maximum absolute atomic E-state index is 12.7. The van der Waals surface area contributed by atoms with Crippen molar-refractivity contribution in [2.75, 3.05) is 12.1 Å². The first-order chi connectivity index (χ1) is 15.1. The average molecular weight is 456 g/mol. The second kappa shape index (κ2) is 8.02. The highest BCUT2D eigenvalue weighted by atomic mass is 35.5. The predicted molar refractivity (Wildman–Crippen MR) is 117 cm³/mol. The van der Waals surface area contributed by atoms with Crippen molar-refractivity contribution >= 4 is 45.8 Å². The fourth-order valence-electron chi connectivity index (χ4n) is 3.19. The first-order valence-electron chi connectivity index (χ1n) is 9.33. The van der Waals surface area contributed by atoms with Crippen LogP contribution in [0.4, 0.5) is 5.82 Å². The molecule has 0 spiro atoms. The molecule has 0 fully saturated rings. The van der Waals surface area contributed by atoms with Gasteiger partial charge in [-0.15, -0.1) is 0 Å². The van der Waals surface area contributed by atoms with Crippen LogP contribution < -0.4 is 19.5 Å². The van der Waals surface area contributed by atoms with Crippen LogP contribution in [-0.4, -0.2) is 22.9 Å². The number of ether oxygens (including phenoxy) is 3. The van der Waals surface area contributed by atoms with Crippen molar-refractivity contribution in [2.45, 2.75) is 6.61 Å². The molecular formula is C22H15Cl2N3O4. The van der Waals surface area contributed by atoms with E-state index in [1.165, 1.54) is 0 Å². The van der Waals surface area contributed by atoms with E-state index >= 15 is 0 Å². The number of hydrogen-bond acceptors (Lipinski definition) is 5. The second-order valence-electron chi connectivity index (χ2n) is 6.84. The van der Waals surface area contributed by atoms with Crippen molar-refractivity contribution in [1.82, 2.24) is 10.2 Å². The third kappa shape index (κ3) is 3.97. The van der Waals surface area contributed by atoms with Gasteiger partial charge in [-0.1, -0.05) is 29.3 Å². The van der Waals surface area contributed by atoms with Crippen molar-refractivity contribution < 1.29 is 19.0 Å². The van der Waals surface area contributed by atoms with Crippen LogP contribution in [0.3, 0.4) is 0 Å². The molecule has 0 saturated carbocycles. The summed E-state index contributed by atoms with van der Waals surface area (Å²) >= 11 is 12.0. The lowest BCUT2D eigenvalue weighted by Gasteiger charge is -2.08. The number of carbonyl (C=O) groups is 1. The molecule has 31 heavy (non-hydrogen) atoms. The minimum absolute atomic E-state index is 0.148. The van der Waals surface area contributed by atoms with Gasteiger partial charge in [0.15, 0.2) is 17.3 Å². The first-order valence-corrected chi connectivity index (χ1v) is 10.1. The molecule has 1 aliphatic heterocycles. The highest BCUT2D eigenvalue weighted by molar-refractivity contribution is 6.42. The van der Waals surface area contributed by atoms with Crippen LogP contribution in [0.15, 0.2) is 54.6 Å². The number of fused-ring (bicyclic) bond motifs is 2. The molecule has 1 aliphatic rings. The van der Waals surface area contributed by atoms with E-state index in [4.69, 9.17) is 37.4 Å². The monoisotopic (exact) mass is 455 g/mol. The zero-order chi connectivity index (χ0) is 21.4. The van der Waals surface area contributed by atoms with Crippen molar-refractivity contribution in [3.63, 3.8) is 0 Å². The number of rotatable bonds is 5. The van der Waals surface area contributed by atoms with E-state index in [-0.39, 0.29) is 12.7 Å². The molecule has 0 saturated heterocycles. The van der Waals surface area contributed by atoms with Gasteiger partial charge in [0.25, 0.3) is 5.91 Å². The summed E-state index contributed by atoms with van der Waals surface area (Å²) < 4.78 is 16.5. The first kappa shape index (κ1) is 19.5. The molecule has 0 unspecified atom stereocenters. The number of aromatic amines is 1. The van der Waals surface area contributed by atoms with Crippen LogP contribution in [0.2, 0.25) is 10.0 Å². The van der Waals surface area contributed by atoms with E-state index in [0.29, 0.717) is 45.3 Å². The Hall–Kier alpha value is -3.42. The van der Waals surface area contributed by atoms with E-state index in [0.717, 1.165) is 16.5 Å². The van der Waals surface area contributed by atoms with Crippen molar-refractivity contribution in [3.8, 4) is 17.2 Å². The lowest BCUT2D eigenvalue weighted by Crippen LogP contribution is -2.12. The van der Waals surface area contributed by atoms with Crippen molar-refractivity contribution in [2.24, 2.45) is 0 Å². The Balaban J connectivity index is 1.33. The summed E-state index contributed by atoms with van der Waals surface area (Å²) in [7, 11) is 0. The summed E-state index contributed by atoms with van der Waals surface area (Å²) in [6.07, 6.45) is 0. The molecule has 9 heteroatoms. The van der Waals surface area contributed by atoms with Gasteiger partial charge in [0.1, 0.15) is 12.4 Å². The Morgan fingerprint density at radius 1 is 1.03 bits per heavy atom. The fourth-order valence-corrected chi connectivity index (χ4v) is 3.51. The summed E-state index contributed by atoms with van der Waals surface area (Å²) in [5.41, 5.74) is 2.09. The minimum Gasteiger partial charge on any atom is -0.489 e. The number of halogens is 2. The zero-order valence-electron chi connectivity index (χ0n) is 15.9. The lowest BCUT2D eigenvalue weighted by molar-refractivity contribution is 0.102. The molecule has 1 aromatic heterocycles. The number of benzene rings is 3. The Morgan fingerprint density at radius 3 is 2.77 bits per heavy atom. The maximum Gasteiger partial charge on any atom is 0.257 e. The Labute approximate surface area is 186 Å². The van der Waals surface area contributed by atoms with Gasteiger partial charge in [-0.25, -0.2) is 0 Å². The molecule has 4 aromatic rings. The zero-order valence-corrected chi connectivity index (χ0v) is 17.5. The molecule has 5 rings (SSSR count). The SMILES string of the molecule is O=C(Nc1n[nH]c2ccc(OCc3ccc(Cl)c(Cl)c3)cc12)c1ccc2c(c1)OCO2. The Morgan fingerprint density at radius 2 is 1.90 bits per heavy atom. The summed E-state index contributed by atoms with van der Waals surface area (Å²) in [5.74, 6) is 1.87. The van der Waals surface area contributed by atoms with Gasteiger partial charge in [0.05, 0.1) is 15.6 Å². The molecule has 1 amide bonds. The summed E-state index contributed by atoms with van der Waals surface area (Å²) in [4.78, 5) is 12.7. The highest BCUT2D eigenvalue weighted by Crippen LogP contribution is 2.33. The standard InChI is InChI=1S/C22H15Cl2N3O4/c23-16-4-1-12(7-17(16)24)10-29-14-3-5-18-15(9-14)21(27-26-18)25-22(28)13-2-6-19-20(8-13)31-11-30-19/h1-9H,10-11H2,(H2,25,26,27,28). The number of H-pyrrole nitrogens is 1. The van der Waals surface area contributed by atoms with E-state index in [1.54, 1.807) is 30.3 Å². The molecule has 2 heterocycles. The van der Waals surface area contributed by atoms with Crippen molar-refractivity contribution in [1.29, 1.82) is 0 Å². The topological polar surface area (TPSA) is 85.5 Å². The Bertz CT molecular complexity index is 1310. The molecule has 2 N–H and O–H groups in total. The van der Waals surface area contributed by atoms with Gasteiger partial charge < -0.3 is 19.5 Å². The van der Waals surface area contributed by atoms with Crippen LogP contribution in [0.5, 0.6) is 17.2 Å². The van der Waals surface area contributed by atoms with Crippen LogP contribution in [0.1, 0.15) is 15.9 Å².